The molecule has 0 spiro atoms. The number of nitrogens with zero attached hydrogens (tertiary/aromatic N) is 2. The van der Waals surface area contributed by atoms with Crippen LogP contribution in [0.5, 0.6) is 0 Å². The largest absolute Gasteiger partial charge is 0.456 e. The van der Waals surface area contributed by atoms with Gasteiger partial charge in [-0.2, -0.15) is 10.5 Å². The van der Waals surface area contributed by atoms with Gasteiger partial charge >= 0.3 is 0 Å². The fourth-order valence-electron chi connectivity index (χ4n) is 6.19. The Morgan fingerprint density at radius 2 is 1.14 bits per heavy atom. The molecule has 0 saturated heterocycles. The van der Waals surface area contributed by atoms with Crippen molar-refractivity contribution in [3.8, 4) is 45.5 Å². The van der Waals surface area contributed by atoms with Gasteiger partial charge in [-0.1, -0.05) is 97.1 Å². The molecule has 3 nitrogen and oxygen atoms in total. The predicted molar refractivity (Wildman–Crippen MR) is 172 cm³/mol. The van der Waals surface area contributed by atoms with Gasteiger partial charge in [0.2, 0.25) is 0 Å². The molecule has 0 unspecified atom stereocenters. The first kappa shape index (κ1) is 24.1. The maximum atomic E-state index is 10.7. The number of thiophene rings is 1. The van der Waals surface area contributed by atoms with Crippen LogP contribution in [-0.4, -0.2) is 0 Å². The van der Waals surface area contributed by atoms with Crippen LogP contribution in [0.4, 0.5) is 0 Å². The Labute approximate surface area is 245 Å². The van der Waals surface area contributed by atoms with Crippen LogP contribution in [0, 0.1) is 22.7 Å². The van der Waals surface area contributed by atoms with Crippen molar-refractivity contribution in [2.24, 2.45) is 0 Å². The van der Waals surface area contributed by atoms with Crippen LogP contribution < -0.4 is 0 Å². The monoisotopic (exact) mass is 552 g/mol. The van der Waals surface area contributed by atoms with Crippen LogP contribution in [0.3, 0.4) is 0 Å². The van der Waals surface area contributed by atoms with Gasteiger partial charge in [0.15, 0.2) is 0 Å². The molecule has 4 heteroatoms. The first-order valence-electron chi connectivity index (χ1n) is 13.6. The molecule has 8 rings (SSSR count). The van der Waals surface area contributed by atoms with E-state index in [-0.39, 0.29) is 0 Å². The average molecular weight is 553 g/mol. The summed E-state index contributed by atoms with van der Waals surface area (Å²) in [7, 11) is 0. The molecule has 0 amide bonds. The molecule has 6 aromatic carbocycles. The zero-order chi connectivity index (χ0) is 28.2. The lowest BCUT2D eigenvalue weighted by Gasteiger charge is -2.18. The Hall–Kier alpha value is -5.68. The summed E-state index contributed by atoms with van der Waals surface area (Å²) in [4.78, 5) is 0. The molecule has 0 radical (unpaired) electrons. The molecule has 0 fully saturated rings. The van der Waals surface area contributed by atoms with Gasteiger partial charge in [0, 0.05) is 53.2 Å². The van der Waals surface area contributed by atoms with Gasteiger partial charge in [0.05, 0.1) is 11.1 Å². The van der Waals surface area contributed by atoms with Crippen LogP contribution in [-0.2, 0) is 0 Å². The Kier molecular flexibility index (Phi) is 5.44. The number of furan rings is 1. The topological polar surface area (TPSA) is 60.7 Å². The zero-order valence-electron chi connectivity index (χ0n) is 22.3. The van der Waals surface area contributed by atoms with E-state index < -0.39 is 0 Å². The van der Waals surface area contributed by atoms with E-state index in [0.717, 1.165) is 59.8 Å². The van der Waals surface area contributed by atoms with E-state index in [4.69, 9.17) is 4.42 Å². The zero-order valence-corrected chi connectivity index (χ0v) is 23.1. The second-order valence-electron chi connectivity index (χ2n) is 10.2. The smallest absolute Gasteiger partial charge is 0.136 e. The second-order valence-corrected chi connectivity index (χ2v) is 11.3. The Bertz CT molecular complexity index is 2430. The van der Waals surface area contributed by atoms with E-state index in [0.29, 0.717) is 16.7 Å². The van der Waals surface area contributed by atoms with E-state index in [9.17, 15) is 10.5 Å². The molecular formula is C38H20N2OS. The van der Waals surface area contributed by atoms with Crippen LogP contribution >= 0.6 is 11.3 Å². The number of rotatable bonds is 3. The molecule has 8 aromatic rings. The lowest BCUT2D eigenvalue weighted by molar-refractivity contribution is 0.669. The molecule has 0 N–H and O–H groups in total. The minimum Gasteiger partial charge on any atom is -0.456 e. The number of fused-ring (bicyclic) bond motifs is 6. The molecule has 2 aromatic heterocycles. The maximum absolute atomic E-state index is 10.7. The number of benzene rings is 6. The molecular weight excluding hydrogens is 532 g/mol. The highest BCUT2D eigenvalue weighted by molar-refractivity contribution is 7.26. The quantitative estimate of drug-likeness (QED) is 0.219. The lowest BCUT2D eigenvalue weighted by Crippen LogP contribution is -1.98. The number of nitriles is 2. The summed E-state index contributed by atoms with van der Waals surface area (Å²) in [5.41, 5.74) is 7.49. The summed E-state index contributed by atoms with van der Waals surface area (Å²) in [6.07, 6.45) is 0. The third-order valence-corrected chi connectivity index (χ3v) is 9.22. The van der Waals surface area contributed by atoms with Crippen molar-refractivity contribution >= 4 is 53.4 Å². The van der Waals surface area contributed by atoms with Crippen molar-refractivity contribution in [2.75, 3.05) is 0 Å². The summed E-state index contributed by atoms with van der Waals surface area (Å²) in [6.45, 7) is 0. The van der Waals surface area contributed by atoms with Crippen molar-refractivity contribution in [1.29, 1.82) is 10.5 Å². The summed E-state index contributed by atoms with van der Waals surface area (Å²) < 4.78 is 8.54. The van der Waals surface area contributed by atoms with Crippen LogP contribution in [0.15, 0.2) is 126 Å². The highest BCUT2D eigenvalue weighted by Crippen LogP contribution is 2.47. The van der Waals surface area contributed by atoms with E-state index >= 15 is 0 Å². The van der Waals surface area contributed by atoms with Crippen LogP contribution in [0.1, 0.15) is 11.1 Å². The third kappa shape index (κ3) is 3.50. The van der Waals surface area contributed by atoms with Crippen LogP contribution in [0.25, 0.3) is 75.5 Å². The normalized spacial score (nSPS) is 11.3. The Morgan fingerprint density at radius 1 is 0.524 bits per heavy atom. The highest BCUT2D eigenvalue weighted by atomic mass is 32.1. The molecule has 194 valence electrons. The van der Waals surface area contributed by atoms with Gasteiger partial charge in [-0.15, -0.1) is 11.3 Å². The first-order valence-corrected chi connectivity index (χ1v) is 14.5. The summed E-state index contributed by atoms with van der Waals surface area (Å²) in [5.74, 6) is 0. The van der Waals surface area contributed by atoms with Crippen LogP contribution in [0.2, 0.25) is 0 Å². The number of para-hydroxylation sites is 1. The van der Waals surface area contributed by atoms with Gasteiger partial charge in [-0.05, 0) is 35.4 Å². The van der Waals surface area contributed by atoms with Crippen molar-refractivity contribution in [1.82, 2.24) is 0 Å². The molecule has 0 atom stereocenters. The molecule has 0 saturated carbocycles. The summed E-state index contributed by atoms with van der Waals surface area (Å²) >= 11 is 1.73. The molecule has 0 aliphatic heterocycles. The second kappa shape index (κ2) is 9.46. The summed E-state index contributed by atoms with van der Waals surface area (Å²) in [5, 5.41) is 25.8. The van der Waals surface area contributed by atoms with Gasteiger partial charge in [0.1, 0.15) is 23.3 Å². The maximum Gasteiger partial charge on any atom is 0.136 e. The third-order valence-electron chi connectivity index (χ3n) is 8.00. The Balaban J connectivity index is 1.55. The van der Waals surface area contributed by atoms with Gasteiger partial charge < -0.3 is 4.42 Å². The van der Waals surface area contributed by atoms with Crippen molar-refractivity contribution in [3.63, 3.8) is 0 Å². The molecule has 0 bridgehead atoms. The van der Waals surface area contributed by atoms with Gasteiger partial charge in [-0.3, -0.25) is 0 Å². The fraction of sp³-hybridized carbons (Fsp3) is 0. The fourth-order valence-corrected chi connectivity index (χ4v) is 7.42. The summed E-state index contributed by atoms with van der Waals surface area (Å²) in [6, 6.07) is 45.5. The molecule has 42 heavy (non-hydrogen) atoms. The van der Waals surface area contributed by atoms with E-state index in [1.54, 1.807) is 11.3 Å². The van der Waals surface area contributed by atoms with E-state index in [1.165, 1.54) is 10.1 Å². The first-order chi connectivity index (χ1) is 20.8. The molecule has 0 aliphatic carbocycles. The Morgan fingerprint density at radius 3 is 1.95 bits per heavy atom. The predicted octanol–water partition coefficient (Wildman–Crippen LogP) is 10.7. The van der Waals surface area contributed by atoms with Crippen molar-refractivity contribution in [2.45, 2.75) is 0 Å². The van der Waals surface area contributed by atoms with E-state index in [2.05, 4.69) is 60.7 Å². The van der Waals surface area contributed by atoms with E-state index in [1.807, 2.05) is 72.8 Å². The molecule has 0 aliphatic rings. The van der Waals surface area contributed by atoms with Gasteiger partial charge in [-0.25, -0.2) is 0 Å². The van der Waals surface area contributed by atoms with Crippen molar-refractivity contribution in [3.05, 3.63) is 132 Å². The van der Waals surface area contributed by atoms with Gasteiger partial charge in [0.25, 0.3) is 0 Å². The SMILES string of the molecule is N#Cc1c(-c2cccc3c2sc2ccccc23)cc(-c2cccc3oc4ccccc4c23)c(C#N)c1-c1ccccc1. The minimum atomic E-state index is 0.475. The molecule has 2 heterocycles. The minimum absolute atomic E-state index is 0.475. The van der Waals surface area contributed by atoms with Crippen molar-refractivity contribution < 1.29 is 4.42 Å². The number of hydrogen-bond donors (Lipinski definition) is 0. The highest BCUT2D eigenvalue weighted by Gasteiger charge is 2.25. The average Bonchev–Trinajstić information content (AvgIpc) is 3.63. The lowest BCUT2D eigenvalue weighted by atomic mass is 9.83. The number of hydrogen-bond acceptors (Lipinski definition) is 4. The standard InChI is InChI=1S/C38H20N2OS/c39-21-31-29(25-14-9-18-34-37(25)28-13-4-6-17-33(28)41-34)20-30(32(22-40)36(31)23-10-2-1-3-11-23)27-16-8-15-26-24-12-5-7-19-35(24)42-38(26)27/h1-20H.